The van der Waals surface area contributed by atoms with Crippen molar-refractivity contribution in [1.29, 1.82) is 5.26 Å². The largest absolute Gasteiger partial charge is 0.461 e. The van der Waals surface area contributed by atoms with Crippen LogP contribution in [-0.4, -0.2) is 94.8 Å². The molecule has 2 aromatic heterocycles. The van der Waals surface area contributed by atoms with Gasteiger partial charge in [0.2, 0.25) is 5.91 Å². The average Bonchev–Trinajstić information content (AvgIpc) is 3.55. The minimum atomic E-state index is -0.949. The predicted octanol–water partition coefficient (Wildman–Crippen LogP) is 5.39. The molecule has 0 spiro atoms. The number of carbonyl (C=O) groups excluding carboxylic acids is 1. The van der Waals surface area contributed by atoms with Crippen molar-refractivity contribution in [3.8, 4) is 23.2 Å². The standard InChI is InChI=1S/C35H34ClF3N8O2S/c36-23-10-21-29(28(39)27(23)20-4-5-24(38)30-26(20)22(12-40)31(41)50-30)43-34(49-16-35-7-1-8-46(35)14-17(37)11-35)44-32(21)45-9-6-18-2-3-19(15-45)47(18)33(48)25-13-42-25/h4-5,10,17-19,25,42H,1-3,6-9,11,13-16,41H2/t17-,18?,19?,25-,35+/m1/s1. The number of hydrogen-bond donors (Lipinski definition) is 2. The van der Waals surface area contributed by atoms with Crippen molar-refractivity contribution in [2.75, 3.05) is 50.0 Å². The van der Waals surface area contributed by atoms with Gasteiger partial charge in [-0.3, -0.25) is 9.69 Å². The normalized spacial score (nSPS) is 27.6. The molecular weight excluding hydrogens is 689 g/mol. The number of nitriles is 1. The van der Waals surface area contributed by atoms with Gasteiger partial charge in [0.1, 0.15) is 41.0 Å². The molecule has 0 radical (unpaired) electrons. The maximum absolute atomic E-state index is 17.1. The molecule has 5 aliphatic heterocycles. The quantitative estimate of drug-likeness (QED) is 0.251. The van der Waals surface area contributed by atoms with E-state index in [0.29, 0.717) is 50.2 Å². The number of carbonyl (C=O) groups is 1. The number of nitrogen functional groups attached to an aromatic ring is 1. The van der Waals surface area contributed by atoms with Crippen molar-refractivity contribution < 1.29 is 22.7 Å². The predicted molar refractivity (Wildman–Crippen MR) is 185 cm³/mol. The molecule has 15 heteroatoms. The van der Waals surface area contributed by atoms with Crippen LogP contribution < -0.4 is 20.7 Å². The summed E-state index contributed by atoms with van der Waals surface area (Å²) in [4.78, 5) is 29.0. The van der Waals surface area contributed by atoms with Gasteiger partial charge in [-0.25, -0.2) is 13.2 Å². The minimum absolute atomic E-state index is 0.0310. The minimum Gasteiger partial charge on any atom is -0.461 e. The number of anilines is 2. The zero-order valence-corrected chi connectivity index (χ0v) is 28.6. The Kier molecular flexibility index (Phi) is 7.58. The van der Waals surface area contributed by atoms with Gasteiger partial charge >= 0.3 is 6.01 Å². The van der Waals surface area contributed by atoms with Crippen LogP contribution in [0.1, 0.15) is 44.1 Å². The van der Waals surface area contributed by atoms with Crippen LogP contribution in [0.5, 0.6) is 6.01 Å². The van der Waals surface area contributed by atoms with E-state index in [1.54, 1.807) is 6.07 Å². The van der Waals surface area contributed by atoms with Gasteiger partial charge in [0, 0.05) is 61.0 Å². The lowest BCUT2D eigenvalue weighted by molar-refractivity contribution is -0.133. The molecule has 2 bridgehead atoms. The number of nitrogens with two attached hydrogens (primary N) is 1. The lowest BCUT2D eigenvalue weighted by atomic mass is 9.95. The van der Waals surface area contributed by atoms with Crippen LogP contribution in [-0.2, 0) is 4.79 Å². The number of ether oxygens (including phenoxy) is 1. The van der Waals surface area contributed by atoms with Crippen molar-refractivity contribution in [1.82, 2.24) is 25.1 Å². The van der Waals surface area contributed by atoms with E-state index in [0.717, 1.165) is 43.6 Å². The van der Waals surface area contributed by atoms with E-state index in [4.69, 9.17) is 27.1 Å². The summed E-state index contributed by atoms with van der Waals surface area (Å²) in [6.07, 6.45) is 3.60. The number of amides is 1. The third-order valence-electron chi connectivity index (χ3n) is 11.3. The molecular formula is C35H34ClF3N8O2S. The van der Waals surface area contributed by atoms with Gasteiger partial charge in [-0.1, -0.05) is 17.7 Å². The molecule has 5 fully saturated rings. The summed E-state index contributed by atoms with van der Waals surface area (Å²) < 4.78 is 53.1. The second kappa shape index (κ2) is 11.8. The zero-order chi connectivity index (χ0) is 34.5. The number of rotatable bonds is 6. The smallest absolute Gasteiger partial charge is 0.319 e. The molecule has 5 atom stereocenters. The highest BCUT2D eigenvalue weighted by Crippen LogP contribution is 2.46. The Bertz CT molecular complexity index is 2120. The number of fused-ring (bicyclic) bond motifs is 5. The van der Waals surface area contributed by atoms with Crippen LogP contribution >= 0.6 is 22.9 Å². The van der Waals surface area contributed by atoms with Crippen molar-refractivity contribution in [3.63, 3.8) is 0 Å². The number of aromatic nitrogens is 2. The van der Waals surface area contributed by atoms with E-state index < -0.39 is 23.3 Å². The fraction of sp³-hybridized carbons (Fsp3) is 0.486. The molecule has 1 amide bonds. The van der Waals surface area contributed by atoms with Gasteiger partial charge in [-0.05, 0) is 56.3 Å². The number of alkyl halides is 1. The van der Waals surface area contributed by atoms with Crippen LogP contribution in [0.2, 0.25) is 5.02 Å². The van der Waals surface area contributed by atoms with Gasteiger partial charge < -0.3 is 25.6 Å². The van der Waals surface area contributed by atoms with Crippen molar-refractivity contribution >= 4 is 60.7 Å². The maximum Gasteiger partial charge on any atom is 0.319 e. The van der Waals surface area contributed by atoms with Crippen LogP contribution in [0.4, 0.5) is 24.0 Å². The summed E-state index contributed by atoms with van der Waals surface area (Å²) in [5.74, 6) is -0.808. The zero-order valence-electron chi connectivity index (χ0n) is 27.0. The molecule has 9 rings (SSSR count). The number of nitrogens with zero attached hydrogens (tertiary/aromatic N) is 6. The maximum atomic E-state index is 17.1. The monoisotopic (exact) mass is 722 g/mol. The van der Waals surface area contributed by atoms with Gasteiger partial charge in [0.05, 0.1) is 26.9 Å². The molecule has 2 unspecified atom stereocenters. The first-order chi connectivity index (χ1) is 24.2. The van der Waals surface area contributed by atoms with Crippen LogP contribution in [0, 0.1) is 23.0 Å². The van der Waals surface area contributed by atoms with Crippen LogP contribution in [0.15, 0.2) is 18.2 Å². The van der Waals surface area contributed by atoms with E-state index in [1.807, 2.05) is 11.0 Å². The lowest BCUT2D eigenvalue weighted by Crippen LogP contribution is -2.45. The molecule has 0 saturated carbocycles. The average molecular weight is 723 g/mol. The Hall–Kier alpha value is -3.90. The molecule has 4 aromatic rings. The summed E-state index contributed by atoms with van der Waals surface area (Å²) >= 11 is 7.83. The Labute approximate surface area is 294 Å². The molecule has 2 aromatic carbocycles. The van der Waals surface area contributed by atoms with Crippen LogP contribution in [0.25, 0.3) is 32.1 Å². The molecule has 7 heterocycles. The SMILES string of the molecule is N#Cc1c(N)sc2c(F)ccc(-c3c(Cl)cc4c(N5CCC6CCC(C5)N6C(=O)[C@H]5CN5)nc(OC[C@@]56CCCN5C[C@H](F)C6)nc4c3F)c12. The number of benzene rings is 2. The second-order valence-electron chi connectivity index (χ2n) is 14.2. The Balaban J connectivity index is 1.18. The molecule has 5 saturated heterocycles. The van der Waals surface area contributed by atoms with E-state index >= 15 is 4.39 Å². The molecule has 260 valence electrons. The van der Waals surface area contributed by atoms with E-state index in [9.17, 15) is 18.8 Å². The molecule has 50 heavy (non-hydrogen) atoms. The van der Waals surface area contributed by atoms with Crippen LogP contribution in [0.3, 0.4) is 0 Å². The first-order valence-electron chi connectivity index (χ1n) is 17.1. The Morgan fingerprint density at radius 1 is 1.20 bits per heavy atom. The van der Waals surface area contributed by atoms with E-state index in [2.05, 4.69) is 20.1 Å². The van der Waals surface area contributed by atoms with Gasteiger partial charge in [-0.15, -0.1) is 11.3 Å². The first-order valence-corrected chi connectivity index (χ1v) is 18.3. The summed E-state index contributed by atoms with van der Waals surface area (Å²) in [6, 6.07) is 6.12. The third-order valence-corrected chi connectivity index (χ3v) is 12.6. The first kappa shape index (κ1) is 32.0. The summed E-state index contributed by atoms with van der Waals surface area (Å²) in [6.45, 7) is 3.04. The number of halogens is 4. The molecule has 5 aliphatic rings. The van der Waals surface area contributed by atoms with E-state index in [1.165, 1.54) is 12.1 Å². The highest BCUT2D eigenvalue weighted by Gasteiger charge is 2.50. The Morgan fingerprint density at radius 2 is 2.02 bits per heavy atom. The number of thiophene rings is 1. The molecule has 10 nitrogen and oxygen atoms in total. The Morgan fingerprint density at radius 3 is 2.82 bits per heavy atom. The summed E-state index contributed by atoms with van der Waals surface area (Å²) in [5, 5.41) is 13.7. The van der Waals surface area contributed by atoms with E-state index in [-0.39, 0.29) is 79.0 Å². The van der Waals surface area contributed by atoms with Gasteiger partial charge in [0.25, 0.3) is 0 Å². The fourth-order valence-corrected chi connectivity index (χ4v) is 10.2. The molecule has 3 N–H and O–H groups in total. The number of nitrogens with one attached hydrogen (secondary N) is 1. The van der Waals surface area contributed by atoms with Crippen molar-refractivity contribution in [2.45, 2.75) is 68.4 Å². The highest BCUT2D eigenvalue weighted by atomic mass is 35.5. The topological polar surface area (TPSA) is 134 Å². The second-order valence-corrected chi connectivity index (χ2v) is 15.7. The lowest BCUT2D eigenvalue weighted by Gasteiger charge is -2.31. The fourth-order valence-electron chi connectivity index (χ4n) is 8.91. The number of hydrogen-bond acceptors (Lipinski definition) is 10. The molecule has 0 aliphatic carbocycles. The highest BCUT2D eigenvalue weighted by molar-refractivity contribution is 7.23. The van der Waals surface area contributed by atoms with Crippen molar-refractivity contribution in [3.05, 3.63) is 40.4 Å². The third kappa shape index (κ3) is 4.99. The van der Waals surface area contributed by atoms with Crippen molar-refractivity contribution in [2.24, 2.45) is 0 Å². The van der Waals surface area contributed by atoms with Gasteiger partial charge in [-0.2, -0.15) is 15.2 Å². The summed E-state index contributed by atoms with van der Waals surface area (Å²) in [7, 11) is 0. The summed E-state index contributed by atoms with van der Waals surface area (Å²) in [5.41, 5.74) is 5.78. The van der Waals surface area contributed by atoms with Gasteiger partial charge in [0.15, 0.2) is 5.82 Å².